The van der Waals surface area contributed by atoms with Gasteiger partial charge in [0.25, 0.3) is 0 Å². The Balaban J connectivity index is 0.956. The zero-order valence-electron chi connectivity index (χ0n) is 25.6. The summed E-state index contributed by atoms with van der Waals surface area (Å²) in [6.45, 7) is 5.97. The lowest BCUT2D eigenvalue weighted by atomic mass is 10.0. The minimum Gasteiger partial charge on any atom is -0.486 e. The maximum absolute atomic E-state index is 15.1. The molecule has 2 aromatic carbocycles. The molecule has 0 spiro atoms. The number of anilines is 3. The van der Waals surface area contributed by atoms with Crippen molar-refractivity contribution in [2.45, 2.75) is 30.8 Å². The van der Waals surface area contributed by atoms with Crippen LogP contribution in [0, 0.1) is 11.3 Å². The third-order valence-corrected chi connectivity index (χ3v) is 9.01. The van der Waals surface area contributed by atoms with Gasteiger partial charge in [0.1, 0.15) is 30.3 Å². The predicted octanol–water partition coefficient (Wildman–Crippen LogP) is 1.67. The second-order valence-electron chi connectivity index (χ2n) is 12.0. The average Bonchev–Trinajstić information content (AvgIpc) is 3.51. The van der Waals surface area contributed by atoms with E-state index in [1.807, 2.05) is 12.1 Å². The quantitative estimate of drug-likeness (QED) is 0.328. The van der Waals surface area contributed by atoms with E-state index in [4.69, 9.17) is 9.47 Å². The molecule has 4 fully saturated rings. The zero-order valence-corrected chi connectivity index (χ0v) is 25.6. The molecule has 1 aromatic heterocycles. The molecule has 0 radical (unpaired) electrons. The fourth-order valence-electron chi connectivity index (χ4n) is 6.22. The highest BCUT2D eigenvalue weighted by molar-refractivity contribution is 5.90. The highest BCUT2D eigenvalue weighted by Crippen LogP contribution is 2.29. The zero-order chi connectivity index (χ0) is 32.3. The van der Waals surface area contributed by atoms with E-state index in [9.17, 15) is 14.9 Å². The summed E-state index contributed by atoms with van der Waals surface area (Å²) < 4.78 is 26.4. The van der Waals surface area contributed by atoms with Gasteiger partial charge in [0.05, 0.1) is 31.4 Å². The van der Waals surface area contributed by atoms with Crippen molar-refractivity contribution >= 4 is 29.3 Å². The largest absolute Gasteiger partial charge is 0.486 e. The summed E-state index contributed by atoms with van der Waals surface area (Å²) in [5.41, 5.74) is 2.78. The van der Waals surface area contributed by atoms with E-state index in [0.717, 1.165) is 50.8 Å². The van der Waals surface area contributed by atoms with E-state index in [1.165, 1.54) is 11.2 Å². The number of nitrogens with one attached hydrogen (secondary N) is 3. The SMILES string of the molecule is N#Cc1cc(-c2ncnc(Nc3ccc(N4CCN(C5COC5)CC4)cc3)n2)ccc1O[C@H]1CCN(C(=O)C2CNC(=O)N2)C[C@@H]1F. The molecule has 0 aliphatic carbocycles. The molecule has 3 aromatic rings. The molecule has 4 saturated heterocycles. The van der Waals surface area contributed by atoms with Gasteiger partial charge in [0, 0.05) is 62.6 Å². The van der Waals surface area contributed by atoms with Crippen LogP contribution in [-0.4, -0.2) is 120 Å². The summed E-state index contributed by atoms with van der Waals surface area (Å²) in [4.78, 5) is 43.4. The Morgan fingerprint density at radius 2 is 1.89 bits per heavy atom. The topological polar surface area (TPSA) is 161 Å². The number of piperazine rings is 1. The lowest BCUT2D eigenvalue weighted by Crippen LogP contribution is -2.56. The predicted molar refractivity (Wildman–Crippen MR) is 169 cm³/mol. The lowest BCUT2D eigenvalue weighted by molar-refractivity contribution is -0.136. The van der Waals surface area contributed by atoms with Gasteiger partial charge in [-0.05, 0) is 42.5 Å². The van der Waals surface area contributed by atoms with Crippen molar-refractivity contribution in [2.24, 2.45) is 0 Å². The third-order valence-electron chi connectivity index (χ3n) is 9.01. The summed E-state index contributed by atoms with van der Waals surface area (Å²) in [5.74, 6) is 0.620. The number of urea groups is 1. The molecule has 4 aliphatic rings. The van der Waals surface area contributed by atoms with Crippen LogP contribution in [0.1, 0.15) is 12.0 Å². The molecule has 3 N–H and O–H groups in total. The minimum absolute atomic E-state index is 0.160. The fourth-order valence-corrected chi connectivity index (χ4v) is 6.22. The summed E-state index contributed by atoms with van der Waals surface area (Å²) in [6, 6.07) is 14.6. The number of alkyl halides is 1. The van der Waals surface area contributed by atoms with Crippen molar-refractivity contribution in [3.05, 3.63) is 54.4 Å². The van der Waals surface area contributed by atoms with Crippen LogP contribution in [0.15, 0.2) is 48.8 Å². The summed E-state index contributed by atoms with van der Waals surface area (Å²) >= 11 is 0. The van der Waals surface area contributed by atoms with Gasteiger partial charge >= 0.3 is 6.03 Å². The van der Waals surface area contributed by atoms with E-state index in [2.05, 4.69) is 58.9 Å². The fraction of sp³-hybridized carbons (Fsp3) is 0.438. The smallest absolute Gasteiger partial charge is 0.315 e. The number of ether oxygens (including phenoxy) is 2. The van der Waals surface area contributed by atoms with Crippen molar-refractivity contribution in [2.75, 3.05) is 69.2 Å². The molecule has 14 nitrogen and oxygen atoms in total. The lowest BCUT2D eigenvalue weighted by Gasteiger charge is -2.43. The molecular weight excluding hydrogens is 607 g/mol. The first-order valence-electron chi connectivity index (χ1n) is 15.7. The van der Waals surface area contributed by atoms with Gasteiger partial charge in [-0.1, -0.05) is 0 Å². The van der Waals surface area contributed by atoms with Crippen molar-refractivity contribution < 1.29 is 23.5 Å². The van der Waals surface area contributed by atoms with Crippen LogP contribution < -0.4 is 25.6 Å². The van der Waals surface area contributed by atoms with E-state index in [1.54, 1.807) is 18.2 Å². The highest BCUT2D eigenvalue weighted by atomic mass is 19.1. The van der Waals surface area contributed by atoms with Crippen molar-refractivity contribution in [3.8, 4) is 23.2 Å². The van der Waals surface area contributed by atoms with Crippen LogP contribution in [0.25, 0.3) is 11.4 Å². The van der Waals surface area contributed by atoms with Crippen LogP contribution in [0.5, 0.6) is 5.75 Å². The number of rotatable bonds is 8. The molecule has 3 amide bonds. The Morgan fingerprint density at radius 1 is 1.09 bits per heavy atom. The Hall–Kier alpha value is -5.07. The maximum Gasteiger partial charge on any atom is 0.315 e. The van der Waals surface area contributed by atoms with Gasteiger partial charge in [0.15, 0.2) is 12.0 Å². The number of likely N-dealkylation sites (tertiary alicyclic amines) is 1. The number of aromatic nitrogens is 3. The van der Waals surface area contributed by atoms with Crippen LogP contribution in [0.3, 0.4) is 0 Å². The summed E-state index contributed by atoms with van der Waals surface area (Å²) in [5, 5.41) is 18.2. The van der Waals surface area contributed by atoms with Crippen LogP contribution >= 0.6 is 0 Å². The van der Waals surface area contributed by atoms with Gasteiger partial charge in [-0.15, -0.1) is 0 Å². The molecule has 0 bridgehead atoms. The Bertz CT molecular complexity index is 1660. The molecule has 15 heteroatoms. The third kappa shape index (κ3) is 6.74. The Morgan fingerprint density at radius 3 is 2.57 bits per heavy atom. The molecule has 4 aliphatic heterocycles. The minimum atomic E-state index is -1.46. The Kier molecular flexibility index (Phi) is 8.68. The molecule has 0 saturated carbocycles. The van der Waals surface area contributed by atoms with E-state index >= 15 is 4.39 Å². The molecule has 1 unspecified atom stereocenters. The molecular formula is C32H35FN10O4. The number of carbonyl (C=O) groups excluding carboxylic acids is 2. The van der Waals surface area contributed by atoms with Crippen LogP contribution in [0.4, 0.5) is 26.5 Å². The highest BCUT2D eigenvalue weighted by Gasteiger charge is 2.37. The second kappa shape index (κ2) is 13.3. The number of halogens is 1. The van der Waals surface area contributed by atoms with Crippen LogP contribution in [0.2, 0.25) is 0 Å². The molecule has 3 atom stereocenters. The van der Waals surface area contributed by atoms with Crippen molar-refractivity contribution in [3.63, 3.8) is 0 Å². The number of hydrogen-bond acceptors (Lipinski definition) is 11. The molecule has 5 heterocycles. The number of nitrogens with zero attached hydrogens (tertiary/aromatic N) is 7. The van der Waals surface area contributed by atoms with E-state index in [0.29, 0.717) is 23.4 Å². The van der Waals surface area contributed by atoms with E-state index < -0.39 is 24.3 Å². The maximum atomic E-state index is 15.1. The van der Waals surface area contributed by atoms with Gasteiger partial charge in [-0.25, -0.2) is 19.2 Å². The molecule has 47 heavy (non-hydrogen) atoms. The van der Waals surface area contributed by atoms with Gasteiger partial charge < -0.3 is 35.2 Å². The number of carbonyl (C=O) groups is 2. The van der Waals surface area contributed by atoms with Gasteiger partial charge in [-0.2, -0.15) is 10.2 Å². The summed E-state index contributed by atoms with van der Waals surface area (Å²) in [6.07, 6.45) is -0.658. The van der Waals surface area contributed by atoms with Gasteiger partial charge in [0.2, 0.25) is 11.9 Å². The number of piperidine rings is 1. The van der Waals surface area contributed by atoms with Gasteiger partial charge in [-0.3, -0.25) is 9.69 Å². The Labute approximate surface area is 270 Å². The number of amides is 3. The summed E-state index contributed by atoms with van der Waals surface area (Å²) in [7, 11) is 0. The van der Waals surface area contributed by atoms with Crippen LogP contribution in [-0.2, 0) is 9.53 Å². The first kappa shape index (κ1) is 30.6. The monoisotopic (exact) mass is 642 g/mol. The normalized spacial score (nSPS) is 23.3. The number of hydrogen-bond donors (Lipinski definition) is 3. The number of nitriles is 1. The molecule has 244 valence electrons. The second-order valence-corrected chi connectivity index (χ2v) is 12.0. The average molecular weight is 643 g/mol. The first-order chi connectivity index (χ1) is 22.9. The van der Waals surface area contributed by atoms with Crippen molar-refractivity contribution in [1.82, 2.24) is 35.4 Å². The number of benzene rings is 2. The first-order valence-corrected chi connectivity index (χ1v) is 15.7. The molecule has 7 rings (SSSR count). The van der Waals surface area contributed by atoms with E-state index in [-0.39, 0.29) is 43.3 Å². The van der Waals surface area contributed by atoms with Crippen molar-refractivity contribution in [1.29, 1.82) is 5.26 Å². The standard InChI is InChI=1S/C32H35FN10O4/c33-25-16-43(30(44)26-15-35-32(45)39-26)8-7-28(25)47-27-6-1-20(13-21(27)14-34)29-36-19-37-31(40-29)38-22-2-4-23(5-3-22)41-9-11-42(12-10-41)24-17-46-18-24/h1-6,13,19,24-26,28H,7-12,15-18H2,(H2,35,39,45)(H,36,37,38,40)/t25-,26?,28-/m0/s1.